The van der Waals surface area contributed by atoms with Crippen molar-refractivity contribution in [1.82, 2.24) is 4.40 Å². The van der Waals surface area contributed by atoms with Gasteiger partial charge in [-0.15, -0.1) is 0 Å². The number of fused-ring (bicyclic) bond motifs is 1. The molecule has 0 saturated carbocycles. The van der Waals surface area contributed by atoms with Crippen LogP contribution in [0.5, 0.6) is 5.75 Å². The second-order valence-electron chi connectivity index (χ2n) is 2.69. The number of nitrogens with zero attached hydrogens (tertiary/aromatic N) is 1. The highest BCUT2D eigenvalue weighted by Crippen LogP contribution is 2.09. The fraction of sp³-hybridized carbons (Fsp3) is 0. The van der Waals surface area contributed by atoms with Crippen LogP contribution in [0.4, 0.5) is 4.39 Å². The van der Waals surface area contributed by atoms with E-state index in [2.05, 4.69) is 0 Å². The van der Waals surface area contributed by atoms with E-state index in [1.807, 2.05) is 0 Å². The smallest absolute Gasteiger partial charge is 0.258 e. The number of rotatable bonds is 0. The van der Waals surface area contributed by atoms with Gasteiger partial charge in [0, 0.05) is 18.3 Å². The molecule has 0 bridgehead atoms. The third-order valence-corrected chi connectivity index (χ3v) is 1.75. The first-order valence-electron chi connectivity index (χ1n) is 3.68. The van der Waals surface area contributed by atoms with Crippen LogP contribution in [0, 0.1) is 5.82 Å². The molecule has 0 aromatic carbocycles. The van der Waals surface area contributed by atoms with Gasteiger partial charge in [-0.25, -0.2) is 4.39 Å². The van der Waals surface area contributed by atoms with E-state index in [9.17, 15) is 9.18 Å². The summed E-state index contributed by atoms with van der Waals surface area (Å²) in [7, 11) is 0. The molecular weight excluding hydrogens is 173 g/mol. The number of halogens is 1. The molecule has 66 valence electrons. The summed E-state index contributed by atoms with van der Waals surface area (Å²) in [4.78, 5) is 11.2. The van der Waals surface area contributed by atoms with Crippen molar-refractivity contribution in [2.24, 2.45) is 0 Å². The van der Waals surface area contributed by atoms with Gasteiger partial charge >= 0.3 is 0 Å². The van der Waals surface area contributed by atoms with Crippen LogP contribution in [0.3, 0.4) is 0 Å². The zero-order valence-electron chi connectivity index (χ0n) is 6.57. The number of hydrogen-bond acceptors (Lipinski definition) is 2. The zero-order valence-corrected chi connectivity index (χ0v) is 6.57. The van der Waals surface area contributed by atoms with E-state index in [1.54, 1.807) is 0 Å². The highest BCUT2D eigenvalue weighted by molar-refractivity contribution is 5.50. The Hall–Kier alpha value is -1.84. The Balaban J connectivity index is 2.95. The van der Waals surface area contributed by atoms with Crippen LogP contribution < -0.4 is 5.56 Å². The van der Waals surface area contributed by atoms with Crippen molar-refractivity contribution in [2.75, 3.05) is 0 Å². The molecule has 0 atom stereocenters. The molecule has 3 nitrogen and oxygen atoms in total. The Labute approximate surface area is 72.7 Å². The first-order chi connectivity index (χ1) is 6.16. The van der Waals surface area contributed by atoms with Crippen LogP contribution in [0.15, 0.2) is 35.3 Å². The summed E-state index contributed by atoms with van der Waals surface area (Å²) >= 11 is 0. The van der Waals surface area contributed by atoms with Gasteiger partial charge in [0.2, 0.25) is 0 Å². The van der Waals surface area contributed by atoms with Gasteiger partial charge in [0.05, 0.1) is 5.52 Å². The average molecular weight is 179 g/mol. The molecule has 13 heavy (non-hydrogen) atoms. The zero-order chi connectivity index (χ0) is 9.42. The summed E-state index contributed by atoms with van der Waals surface area (Å²) in [5.74, 6) is -0.600. The molecule has 0 saturated heterocycles. The van der Waals surface area contributed by atoms with E-state index in [1.165, 1.54) is 18.2 Å². The molecule has 4 heteroatoms. The minimum atomic E-state index is -0.486. The Morgan fingerprint density at radius 2 is 2.08 bits per heavy atom. The van der Waals surface area contributed by atoms with Gasteiger partial charge in [0.1, 0.15) is 11.6 Å². The van der Waals surface area contributed by atoms with E-state index >= 15 is 0 Å². The quantitative estimate of drug-likeness (QED) is 0.659. The standard InChI is InChI=1S/C9H6FNO2/c10-6-1-2-7-3-8(12)4-9(13)11(7)5-6/h1-5,12H. The van der Waals surface area contributed by atoms with E-state index in [0.717, 1.165) is 16.7 Å². The molecule has 0 amide bonds. The molecule has 0 fully saturated rings. The lowest BCUT2D eigenvalue weighted by atomic mass is 10.3. The first-order valence-corrected chi connectivity index (χ1v) is 3.68. The maximum atomic E-state index is 12.7. The highest BCUT2D eigenvalue weighted by atomic mass is 19.1. The van der Waals surface area contributed by atoms with Crippen LogP contribution in [-0.4, -0.2) is 9.51 Å². The maximum Gasteiger partial charge on any atom is 0.258 e. The molecule has 2 rings (SSSR count). The topological polar surface area (TPSA) is 41.7 Å². The molecule has 2 heterocycles. The highest BCUT2D eigenvalue weighted by Gasteiger charge is 1.99. The predicted molar refractivity (Wildman–Crippen MR) is 45.3 cm³/mol. The summed E-state index contributed by atoms with van der Waals surface area (Å²) in [5.41, 5.74) is 0.0147. The molecule has 0 aliphatic heterocycles. The largest absolute Gasteiger partial charge is 0.508 e. The van der Waals surface area contributed by atoms with Gasteiger partial charge in [0.15, 0.2) is 0 Å². The molecule has 1 N–H and O–H groups in total. The van der Waals surface area contributed by atoms with Gasteiger partial charge in [-0.05, 0) is 12.1 Å². The van der Waals surface area contributed by atoms with E-state index in [0.29, 0.717) is 5.52 Å². The van der Waals surface area contributed by atoms with Crippen LogP contribution >= 0.6 is 0 Å². The van der Waals surface area contributed by atoms with Crippen LogP contribution in [-0.2, 0) is 0 Å². The molecule has 0 aliphatic rings. The van der Waals surface area contributed by atoms with E-state index in [4.69, 9.17) is 5.11 Å². The molecule has 2 aromatic rings. The fourth-order valence-corrected chi connectivity index (χ4v) is 1.18. The summed E-state index contributed by atoms with van der Waals surface area (Å²) in [6.45, 7) is 0. The Morgan fingerprint density at radius 1 is 1.31 bits per heavy atom. The van der Waals surface area contributed by atoms with Gasteiger partial charge in [-0.2, -0.15) is 0 Å². The lowest BCUT2D eigenvalue weighted by Gasteiger charge is -2.00. The monoisotopic (exact) mass is 179 g/mol. The van der Waals surface area contributed by atoms with Crippen molar-refractivity contribution in [3.8, 4) is 5.75 Å². The number of aromatic hydroxyl groups is 1. The van der Waals surface area contributed by atoms with Crippen LogP contribution in [0.1, 0.15) is 0 Å². The number of aromatic nitrogens is 1. The summed E-state index contributed by atoms with van der Waals surface area (Å²) in [6, 6.07) is 5.08. The van der Waals surface area contributed by atoms with Crippen molar-refractivity contribution in [1.29, 1.82) is 0 Å². The van der Waals surface area contributed by atoms with Crippen LogP contribution in [0.25, 0.3) is 5.52 Å². The lowest BCUT2D eigenvalue weighted by molar-refractivity contribution is 0.474. The number of pyridine rings is 2. The second-order valence-corrected chi connectivity index (χ2v) is 2.69. The number of hydrogen-bond donors (Lipinski definition) is 1. The third kappa shape index (κ3) is 1.26. The second kappa shape index (κ2) is 2.58. The van der Waals surface area contributed by atoms with E-state index < -0.39 is 11.4 Å². The molecular formula is C9H6FNO2. The predicted octanol–water partition coefficient (Wildman–Crippen LogP) is 1.14. The fourth-order valence-electron chi connectivity index (χ4n) is 1.18. The molecule has 2 aromatic heterocycles. The Morgan fingerprint density at radius 3 is 2.85 bits per heavy atom. The lowest BCUT2D eigenvalue weighted by Crippen LogP contribution is -2.11. The summed E-state index contributed by atoms with van der Waals surface area (Å²) in [6.07, 6.45) is 1.08. The minimum absolute atomic E-state index is 0.114. The Kier molecular flexibility index (Phi) is 1.55. The van der Waals surface area contributed by atoms with Gasteiger partial charge in [-0.3, -0.25) is 9.20 Å². The van der Waals surface area contributed by atoms with Gasteiger partial charge in [0.25, 0.3) is 5.56 Å². The molecule has 0 aliphatic carbocycles. The van der Waals surface area contributed by atoms with Crippen molar-refractivity contribution >= 4 is 5.52 Å². The SMILES string of the molecule is O=c1cc(O)cc2ccc(F)cn12. The van der Waals surface area contributed by atoms with Crippen molar-refractivity contribution < 1.29 is 9.50 Å². The molecule has 0 spiro atoms. The maximum absolute atomic E-state index is 12.7. The summed E-state index contributed by atoms with van der Waals surface area (Å²) in [5, 5.41) is 9.07. The molecule has 0 radical (unpaired) electrons. The Bertz CT molecular complexity index is 518. The molecule has 0 unspecified atom stereocenters. The minimum Gasteiger partial charge on any atom is -0.508 e. The summed E-state index contributed by atoms with van der Waals surface area (Å²) < 4.78 is 13.8. The van der Waals surface area contributed by atoms with Gasteiger partial charge < -0.3 is 5.11 Å². The van der Waals surface area contributed by atoms with Crippen molar-refractivity contribution in [2.45, 2.75) is 0 Å². The average Bonchev–Trinajstić information content (AvgIpc) is 2.06. The first kappa shape index (κ1) is 7.79. The van der Waals surface area contributed by atoms with Crippen molar-refractivity contribution in [3.05, 3.63) is 46.6 Å². The van der Waals surface area contributed by atoms with Crippen molar-refractivity contribution in [3.63, 3.8) is 0 Å². The third-order valence-electron chi connectivity index (χ3n) is 1.75. The van der Waals surface area contributed by atoms with E-state index in [-0.39, 0.29) is 5.75 Å². The normalized spacial score (nSPS) is 10.5. The van der Waals surface area contributed by atoms with Crippen LogP contribution in [0.2, 0.25) is 0 Å². The van der Waals surface area contributed by atoms with Gasteiger partial charge in [-0.1, -0.05) is 0 Å².